The van der Waals surface area contributed by atoms with Crippen molar-refractivity contribution in [1.29, 1.82) is 0 Å². The number of rotatable bonds is 5. The number of amides is 1. The molecular weight excluding hydrogens is 222 g/mol. The summed E-state index contributed by atoms with van der Waals surface area (Å²) in [6, 6.07) is 5.87. The zero-order valence-electron chi connectivity index (χ0n) is 9.26. The van der Waals surface area contributed by atoms with Crippen LogP contribution in [0, 0.1) is 0 Å². The zero-order chi connectivity index (χ0) is 12.8. The molecule has 0 saturated carbocycles. The molecule has 92 valence electrons. The lowest BCUT2D eigenvalue weighted by Gasteiger charge is -2.09. The highest BCUT2D eigenvalue weighted by molar-refractivity contribution is 5.84. The Balaban J connectivity index is 2.42. The minimum absolute atomic E-state index is 0.0889. The highest BCUT2D eigenvalue weighted by atomic mass is 16.5. The monoisotopic (exact) mass is 237 g/mol. The van der Waals surface area contributed by atoms with Crippen molar-refractivity contribution in [3.8, 4) is 0 Å². The normalized spacial score (nSPS) is 11.8. The van der Waals surface area contributed by atoms with E-state index < -0.39 is 17.9 Å². The van der Waals surface area contributed by atoms with Crippen LogP contribution in [0.2, 0.25) is 0 Å². The maximum atomic E-state index is 11.3. The summed E-state index contributed by atoms with van der Waals surface area (Å²) >= 11 is 0. The van der Waals surface area contributed by atoms with Crippen molar-refractivity contribution in [2.45, 2.75) is 19.1 Å². The number of nitrogen functional groups attached to an aromatic ring is 1. The zero-order valence-corrected chi connectivity index (χ0v) is 9.26. The third-order valence-corrected chi connectivity index (χ3v) is 2.08. The molecule has 0 bridgehead atoms. The van der Waals surface area contributed by atoms with Crippen LogP contribution in [0.1, 0.15) is 12.0 Å². The second-order valence-electron chi connectivity index (χ2n) is 3.63. The summed E-state index contributed by atoms with van der Waals surface area (Å²) < 4.78 is 4.92. The molecule has 1 aromatic carbocycles. The van der Waals surface area contributed by atoms with Crippen molar-refractivity contribution in [1.82, 2.24) is 0 Å². The second kappa shape index (κ2) is 5.86. The Morgan fingerprint density at radius 2 is 1.82 bits per heavy atom. The summed E-state index contributed by atoms with van der Waals surface area (Å²) in [7, 11) is 0. The molecule has 1 amide bonds. The van der Waals surface area contributed by atoms with Crippen LogP contribution in [-0.2, 0) is 20.9 Å². The van der Waals surface area contributed by atoms with Gasteiger partial charge in [-0.25, -0.2) is 0 Å². The Hall–Kier alpha value is -2.08. The number of anilines is 1. The van der Waals surface area contributed by atoms with Crippen LogP contribution >= 0.6 is 0 Å². The third-order valence-electron chi connectivity index (χ3n) is 2.08. The predicted molar refractivity (Wildman–Crippen MR) is 62.4 cm³/mol. The fraction of sp³-hybridized carbons (Fsp3) is 0.273. The lowest BCUT2D eigenvalue weighted by Crippen LogP contribution is -2.36. The van der Waals surface area contributed by atoms with Crippen LogP contribution in [0.25, 0.3) is 0 Å². The van der Waals surface area contributed by atoms with Gasteiger partial charge in [0.2, 0.25) is 5.91 Å². The largest absolute Gasteiger partial charge is 0.460 e. The minimum atomic E-state index is -1.01. The van der Waals surface area contributed by atoms with E-state index in [4.69, 9.17) is 21.9 Å². The van der Waals surface area contributed by atoms with Gasteiger partial charge in [0.15, 0.2) is 0 Å². The first-order valence-electron chi connectivity index (χ1n) is 5.04. The minimum Gasteiger partial charge on any atom is -0.460 e. The van der Waals surface area contributed by atoms with E-state index in [1.807, 2.05) is 0 Å². The molecule has 0 aliphatic heterocycles. The summed E-state index contributed by atoms with van der Waals surface area (Å²) in [6.07, 6.45) is -0.222. The number of hydrogen-bond donors (Lipinski definition) is 3. The van der Waals surface area contributed by atoms with E-state index in [2.05, 4.69) is 0 Å². The quantitative estimate of drug-likeness (QED) is 0.471. The van der Waals surface area contributed by atoms with E-state index in [-0.39, 0.29) is 13.0 Å². The first-order chi connectivity index (χ1) is 7.99. The van der Waals surface area contributed by atoms with Crippen LogP contribution in [-0.4, -0.2) is 17.9 Å². The number of esters is 1. The fourth-order valence-electron chi connectivity index (χ4n) is 1.18. The number of primary amides is 1. The summed E-state index contributed by atoms with van der Waals surface area (Å²) in [5.41, 5.74) is 17.3. The van der Waals surface area contributed by atoms with Gasteiger partial charge < -0.3 is 21.9 Å². The van der Waals surface area contributed by atoms with E-state index in [0.29, 0.717) is 5.69 Å². The molecule has 0 saturated heterocycles. The Bertz CT molecular complexity index is 403. The average molecular weight is 237 g/mol. The number of carbonyl (C=O) groups excluding carboxylic acids is 2. The molecule has 1 aromatic rings. The van der Waals surface area contributed by atoms with Gasteiger partial charge in [-0.15, -0.1) is 0 Å². The average Bonchev–Trinajstić information content (AvgIpc) is 2.27. The lowest BCUT2D eigenvalue weighted by atomic mass is 10.2. The van der Waals surface area contributed by atoms with Crippen LogP contribution in [0.3, 0.4) is 0 Å². The van der Waals surface area contributed by atoms with Crippen LogP contribution < -0.4 is 17.2 Å². The van der Waals surface area contributed by atoms with Crippen molar-refractivity contribution < 1.29 is 14.3 Å². The van der Waals surface area contributed by atoms with Crippen LogP contribution in [0.5, 0.6) is 0 Å². The number of nitrogens with two attached hydrogens (primary N) is 3. The van der Waals surface area contributed by atoms with E-state index in [9.17, 15) is 9.59 Å². The third kappa shape index (κ3) is 4.52. The topological polar surface area (TPSA) is 121 Å². The van der Waals surface area contributed by atoms with Crippen LogP contribution in [0.15, 0.2) is 24.3 Å². The Kier molecular flexibility index (Phi) is 4.47. The van der Waals surface area contributed by atoms with E-state index in [1.54, 1.807) is 24.3 Å². The number of carbonyl (C=O) groups is 2. The van der Waals surface area contributed by atoms with Gasteiger partial charge in [-0.05, 0) is 17.7 Å². The second-order valence-corrected chi connectivity index (χ2v) is 3.63. The van der Waals surface area contributed by atoms with Crippen LogP contribution in [0.4, 0.5) is 5.69 Å². The predicted octanol–water partition coefficient (Wildman–Crippen LogP) is -0.485. The van der Waals surface area contributed by atoms with Gasteiger partial charge >= 0.3 is 5.97 Å². The Morgan fingerprint density at radius 1 is 1.24 bits per heavy atom. The molecule has 1 rings (SSSR count). The summed E-state index contributed by atoms with van der Waals surface area (Å²) in [5, 5.41) is 0. The Labute approximate surface area is 98.7 Å². The van der Waals surface area contributed by atoms with Crippen molar-refractivity contribution in [3.05, 3.63) is 29.8 Å². The number of ether oxygens (including phenoxy) is 1. The van der Waals surface area contributed by atoms with Gasteiger partial charge in [-0.1, -0.05) is 12.1 Å². The summed E-state index contributed by atoms with van der Waals surface area (Å²) in [4.78, 5) is 21.9. The first-order valence-corrected chi connectivity index (χ1v) is 5.04. The van der Waals surface area contributed by atoms with Crippen molar-refractivity contribution in [2.24, 2.45) is 11.5 Å². The molecule has 0 heterocycles. The van der Waals surface area contributed by atoms with E-state index >= 15 is 0 Å². The number of hydrogen-bond acceptors (Lipinski definition) is 5. The molecule has 0 unspecified atom stereocenters. The molecule has 6 N–H and O–H groups in total. The van der Waals surface area contributed by atoms with Gasteiger partial charge in [0.1, 0.15) is 12.6 Å². The molecule has 0 aromatic heterocycles. The highest BCUT2D eigenvalue weighted by Gasteiger charge is 2.17. The Morgan fingerprint density at radius 3 is 2.35 bits per heavy atom. The highest BCUT2D eigenvalue weighted by Crippen LogP contribution is 2.07. The maximum absolute atomic E-state index is 11.3. The van der Waals surface area contributed by atoms with E-state index in [1.165, 1.54) is 0 Å². The molecular formula is C11H15N3O3. The first kappa shape index (κ1) is 13.0. The summed E-state index contributed by atoms with van der Waals surface area (Å²) in [6.45, 7) is 0.0889. The van der Waals surface area contributed by atoms with Gasteiger partial charge in [0, 0.05) is 5.69 Å². The molecule has 6 heteroatoms. The smallest absolute Gasteiger partial charge is 0.323 e. The number of benzene rings is 1. The van der Waals surface area contributed by atoms with Gasteiger partial charge in [-0.2, -0.15) is 0 Å². The molecule has 0 radical (unpaired) electrons. The van der Waals surface area contributed by atoms with Crippen molar-refractivity contribution in [2.75, 3.05) is 5.73 Å². The molecule has 6 nitrogen and oxygen atoms in total. The fourth-order valence-corrected chi connectivity index (χ4v) is 1.18. The van der Waals surface area contributed by atoms with Gasteiger partial charge in [0.25, 0.3) is 0 Å². The standard InChI is InChI=1S/C11H15N3O3/c12-8-3-1-7(2-4-8)6-17-11(16)9(13)5-10(14)15/h1-4,9H,5-6,12-13H2,(H2,14,15)/t9-/m0/s1. The van der Waals surface area contributed by atoms with Crippen molar-refractivity contribution in [3.63, 3.8) is 0 Å². The summed E-state index contributed by atoms with van der Waals surface area (Å²) in [5.74, 6) is -1.29. The van der Waals surface area contributed by atoms with E-state index in [0.717, 1.165) is 5.56 Å². The molecule has 0 aliphatic carbocycles. The molecule has 0 fully saturated rings. The van der Waals surface area contributed by atoms with Gasteiger partial charge in [0.05, 0.1) is 6.42 Å². The molecule has 1 atom stereocenters. The lowest BCUT2D eigenvalue weighted by molar-refractivity contribution is -0.147. The molecule has 0 aliphatic rings. The SMILES string of the molecule is NC(=O)C[C@H](N)C(=O)OCc1ccc(N)cc1. The molecule has 0 spiro atoms. The maximum Gasteiger partial charge on any atom is 0.323 e. The van der Waals surface area contributed by atoms with Crippen molar-refractivity contribution >= 4 is 17.6 Å². The van der Waals surface area contributed by atoms with Gasteiger partial charge in [-0.3, -0.25) is 9.59 Å². The molecule has 17 heavy (non-hydrogen) atoms.